The minimum Gasteiger partial charge on any atom is -0.365 e. The van der Waals surface area contributed by atoms with Gasteiger partial charge in [0.2, 0.25) is 0 Å². The van der Waals surface area contributed by atoms with Crippen molar-refractivity contribution in [2.45, 2.75) is 58.5 Å². The van der Waals surface area contributed by atoms with Gasteiger partial charge in [0.1, 0.15) is 5.82 Å². The van der Waals surface area contributed by atoms with Crippen LogP contribution in [0.3, 0.4) is 0 Å². The predicted molar refractivity (Wildman–Crippen MR) is 85.5 cm³/mol. The van der Waals surface area contributed by atoms with Crippen molar-refractivity contribution in [3.05, 3.63) is 22.9 Å². The van der Waals surface area contributed by atoms with Gasteiger partial charge in [-0.15, -0.1) is 0 Å². The second-order valence-electron chi connectivity index (χ2n) is 6.00. The van der Waals surface area contributed by atoms with E-state index in [0.29, 0.717) is 17.6 Å². The molecular formula is C16H26N4O. The highest BCUT2D eigenvalue weighted by Crippen LogP contribution is 2.29. The van der Waals surface area contributed by atoms with E-state index in [0.717, 1.165) is 49.3 Å². The second-order valence-corrected chi connectivity index (χ2v) is 6.00. The topological polar surface area (TPSA) is 85.2 Å². The highest BCUT2D eigenvalue weighted by molar-refractivity contribution is 5.99. The fourth-order valence-electron chi connectivity index (χ4n) is 3.32. The smallest absolute Gasteiger partial charge is 0.252 e. The molecule has 0 aromatic carbocycles. The van der Waals surface area contributed by atoms with Gasteiger partial charge in [-0.2, -0.15) is 0 Å². The Bertz CT molecular complexity index is 521. The molecule has 1 saturated carbocycles. The number of carbonyl (C=O) groups excluding carboxylic acids is 1. The number of rotatable bonds is 4. The van der Waals surface area contributed by atoms with Crippen LogP contribution in [0.2, 0.25) is 0 Å². The maximum absolute atomic E-state index is 11.8. The first kappa shape index (κ1) is 15.8. The van der Waals surface area contributed by atoms with Gasteiger partial charge >= 0.3 is 0 Å². The van der Waals surface area contributed by atoms with Crippen LogP contribution in [0.1, 0.15) is 54.2 Å². The van der Waals surface area contributed by atoms with Crippen LogP contribution >= 0.6 is 0 Å². The first-order chi connectivity index (χ1) is 9.93. The van der Waals surface area contributed by atoms with Crippen molar-refractivity contribution in [1.29, 1.82) is 0 Å². The third kappa shape index (κ3) is 3.35. The van der Waals surface area contributed by atoms with Crippen LogP contribution in [0, 0.1) is 13.8 Å². The number of anilines is 1. The number of primary amides is 1. The number of aromatic nitrogens is 1. The van der Waals surface area contributed by atoms with E-state index in [1.807, 2.05) is 19.9 Å². The summed E-state index contributed by atoms with van der Waals surface area (Å²) in [5.74, 6) is 0.337. The van der Waals surface area contributed by atoms with Crippen LogP contribution in [-0.4, -0.2) is 29.5 Å². The molecule has 1 aromatic rings. The van der Waals surface area contributed by atoms with Gasteiger partial charge in [-0.3, -0.25) is 4.79 Å². The number of amides is 1. The number of aryl methyl sites for hydroxylation is 2. The molecule has 4 N–H and O–H groups in total. The lowest BCUT2D eigenvalue weighted by molar-refractivity contribution is 0.0999. The zero-order valence-electron chi connectivity index (χ0n) is 13.2. The monoisotopic (exact) mass is 290 g/mol. The van der Waals surface area contributed by atoms with E-state index in [4.69, 9.17) is 11.5 Å². The van der Waals surface area contributed by atoms with E-state index in [-0.39, 0.29) is 0 Å². The van der Waals surface area contributed by atoms with Gasteiger partial charge in [0.25, 0.3) is 5.91 Å². The third-order valence-corrected chi connectivity index (χ3v) is 4.37. The predicted octanol–water partition coefficient (Wildman–Crippen LogP) is 1.89. The van der Waals surface area contributed by atoms with Crippen LogP contribution in [0.15, 0.2) is 6.07 Å². The molecule has 0 radical (unpaired) electrons. The summed E-state index contributed by atoms with van der Waals surface area (Å²) >= 11 is 0. The molecule has 0 aliphatic heterocycles. The Balaban J connectivity index is 2.39. The molecule has 1 fully saturated rings. The van der Waals surface area contributed by atoms with Gasteiger partial charge in [-0.05, 0) is 58.1 Å². The number of nitrogens with two attached hydrogens (primary N) is 2. The van der Waals surface area contributed by atoms with E-state index in [2.05, 4.69) is 16.8 Å². The molecule has 0 atom stereocenters. The van der Waals surface area contributed by atoms with E-state index in [9.17, 15) is 4.79 Å². The van der Waals surface area contributed by atoms with Crippen molar-refractivity contribution >= 4 is 11.7 Å². The molecule has 5 nitrogen and oxygen atoms in total. The standard InChI is InChI=1S/C16H26N4O/c1-4-20(13-7-5-12(17)6-8-13)16-14(15(18)21)10(2)9-11(3)19-16/h9,12-13H,4-8,17H2,1-3H3,(H2,18,21). The van der Waals surface area contributed by atoms with E-state index < -0.39 is 5.91 Å². The largest absolute Gasteiger partial charge is 0.365 e. The maximum Gasteiger partial charge on any atom is 0.252 e. The number of nitrogens with zero attached hydrogens (tertiary/aromatic N) is 2. The summed E-state index contributed by atoms with van der Waals surface area (Å²) in [6.45, 7) is 6.78. The lowest BCUT2D eigenvalue weighted by Crippen LogP contribution is -2.42. The zero-order chi connectivity index (χ0) is 15.6. The third-order valence-electron chi connectivity index (χ3n) is 4.37. The minimum absolute atomic E-state index is 0.308. The van der Waals surface area contributed by atoms with E-state index >= 15 is 0 Å². The molecule has 0 unspecified atom stereocenters. The Morgan fingerprint density at radius 2 is 1.95 bits per heavy atom. The quantitative estimate of drug-likeness (QED) is 0.886. The van der Waals surface area contributed by atoms with Crippen molar-refractivity contribution in [1.82, 2.24) is 4.98 Å². The molecule has 0 bridgehead atoms. The molecule has 116 valence electrons. The molecule has 0 saturated heterocycles. The van der Waals surface area contributed by atoms with Gasteiger partial charge in [-0.25, -0.2) is 4.98 Å². The van der Waals surface area contributed by atoms with Gasteiger partial charge in [0.15, 0.2) is 0 Å². The Morgan fingerprint density at radius 3 is 2.48 bits per heavy atom. The van der Waals surface area contributed by atoms with Crippen LogP contribution in [0.5, 0.6) is 0 Å². The molecule has 21 heavy (non-hydrogen) atoms. The maximum atomic E-state index is 11.8. The average molecular weight is 290 g/mol. The number of carbonyl (C=O) groups is 1. The van der Waals surface area contributed by atoms with Gasteiger partial charge < -0.3 is 16.4 Å². The summed E-state index contributed by atoms with van der Waals surface area (Å²) in [5.41, 5.74) is 13.9. The summed E-state index contributed by atoms with van der Waals surface area (Å²) in [6, 6.07) is 2.61. The van der Waals surface area contributed by atoms with Crippen molar-refractivity contribution in [2.24, 2.45) is 11.5 Å². The van der Waals surface area contributed by atoms with Crippen molar-refractivity contribution in [2.75, 3.05) is 11.4 Å². The van der Waals surface area contributed by atoms with E-state index in [1.54, 1.807) is 0 Å². The summed E-state index contributed by atoms with van der Waals surface area (Å²) in [6.07, 6.45) is 4.14. The first-order valence-electron chi connectivity index (χ1n) is 7.74. The van der Waals surface area contributed by atoms with Crippen molar-refractivity contribution in [3.63, 3.8) is 0 Å². The highest BCUT2D eigenvalue weighted by Gasteiger charge is 2.27. The van der Waals surface area contributed by atoms with Gasteiger partial charge in [0.05, 0.1) is 5.56 Å². The molecule has 1 aliphatic carbocycles. The Hall–Kier alpha value is -1.62. The molecular weight excluding hydrogens is 264 g/mol. The second kappa shape index (κ2) is 6.43. The molecule has 5 heteroatoms. The lowest BCUT2D eigenvalue weighted by atomic mass is 9.90. The lowest BCUT2D eigenvalue weighted by Gasteiger charge is -2.37. The fourth-order valence-corrected chi connectivity index (χ4v) is 3.32. The molecule has 1 aliphatic rings. The highest BCUT2D eigenvalue weighted by atomic mass is 16.1. The normalized spacial score (nSPS) is 22.1. The Labute approximate surface area is 126 Å². The van der Waals surface area contributed by atoms with Crippen molar-refractivity contribution < 1.29 is 4.79 Å². The SMILES string of the molecule is CCN(c1nc(C)cc(C)c1C(N)=O)C1CCC(N)CC1. The van der Waals surface area contributed by atoms with Gasteiger partial charge in [0, 0.05) is 24.3 Å². The van der Waals surface area contributed by atoms with E-state index in [1.165, 1.54) is 0 Å². The van der Waals surface area contributed by atoms with Gasteiger partial charge in [-0.1, -0.05) is 0 Å². The zero-order valence-corrected chi connectivity index (χ0v) is 13.2. The van der Waals surface area contributed by atoms with Crippen LogP contribution < -0.4 is 16.4 Å². The summed E-state index contributed by atoms with van der Waals surface area (Å²) in [7, 11) is 0. The first-order valence-corrected chi connectivity index (χ1v) is 7.74. The molecule has 2 rings (SSSR count). The minimum atomic E-state index is -0.402. The van der Waals surface area contributed by atoms with Crippen LogP contribution in [0.4, 0.5) is 5.82 Å². The average Bonchev–Trinajstić information content (AvgIpc) is 2.40. The molecule has 1 aromatic heterocycles. The summed E-state index contributed by atoms with van der Waals surface area (Å²) in [4.78, 5) is 18.7. The van der Waals surface area contributed by atoms with Crippen molar-refractivity contribution in [3.8, 4) is 0 Å². The molecule has 1 amide bonds. The van der Waals surface area contributed by atoms with Crippen LogP contribution in [-0.2, 0) is 0 Å². The summed E-state index contributed by atoms with van der Waals surface area (Å²) < 4.78 is 0. The van der Waals surface area contributed by atoms with Crippen LogP contribution in [0.25, 0.3) is 0 Å². The fraction of sp³-hybridized carbons (Fsp3) is 0.625. The number of hydrogen-bond acceptors (Lipinski definition) is 4. The Kier molecular flexibility index (Phi) is 4.83. The number of hydrogen-bond donors (Lipinski definition) is 2. The molecule has 0 spiro atoms. The number of pyridine rings is 1. The molecule has 1 heterocycles. The summed E-state index contributed by atoms with van der Waals surface area (Å²) in [5, 5.41) is 0. The Morgan fingerprint density at radius 1 is 1.33 bits per heavy atom.